The van der Waals surface area contributed by atoms with Gasteiger partial charge >= 0.3 is 0 Å². The van der Waals surface area contributed by atoms with Crippen LogP contribution in [-0.4, -0.2) is 23.0 Å². The van der Waals surface area contributed by atoms with E-state index in [1.165, 1.54) is 0 Å². The van der Waals surface area contributed by atoms with E-state index in [2.05, 4.69) is 15.3 Å². The molecule has 0 bridgehead atoms. The lowest BCUT2D eigenvalue weighted by molar-refractivity contribution is 0.0950. The Hall–Kier alpha value is -2.14. The Morgan fingerprint density at radius 2 is 2.17 bits per heavy atom. The number of carbonyl (C=O) groups is 1. The van der Waals surface area contributed by atoms with E-state index < -0.39 is 0 Å². The standard InChI is InChI=1S/C13H15N3O2/c1-18-9-10-2-4-11(5-3-10)13(17)16-8-12-14-6-7-15-12/h2-7H,8-9H2,1H3,(H,14,15)(H,16,17). The molecule has 18 heavy (non-hydrogen) atoms. The van der Waals surface area contributed by atoms with Crippen LogP contribution in [0.5, 0.6) is 0 Å². The highest BCUT2D eigenvalue weighted by Crippen LogP contribution is 2.05. The molecule has 5 nitrogen and oxygen atoms in total. The van der Waals surface area contributed by atoms with E-state index in [1.807, 2.05) is 12.1 Å². The highest BCUT2D eigenvalue weighted by atomic mass is 16.5. The first-order valence-corrected chi connectivity index (χ1v) is 5.64. The second kappa shape index (κ2) is 5.97. The molecule has 0 unspecified atom stereocenters. The smallest absolute Gasteiger partial charge is 0.251 e. The fourth-order valence-electron chi connectivity index (χ4n) is 1.58. The van der Waals surface area contributed by atoms with Gasteiger partial charge in [-0.25, -0.2) is 4.98 Å². The van der Waals surface area contributed by atoms with Gasteiger partial charge in [0.25, 0.3) is 5.91 Å². The number of aromatic amines is 1. The number of benzene rings is 1. The maximum absolute atomic E-state index is 11.8. The van der Waals surface area contributed by atoms with Crippen LogP contribution in [0.2, 0.25) is 0 Å². The summed E-state index contributed by atoms with van der Waals surface area (Å²) in [5.41, 5.74) is 1.67. The zero-order chi connectivity index (χ0) is 12.8. The van der Waals surface area contributed by atoms with Crippen LogP contribution >= 0.6 is 0 Å². The summed E-state index contributed by atoms with van der Waals surface area (Å²) in [7, 11) is 1.64. The van der Waals surface area contributed by atoms with Crippen LogP contribution in [0.3, 0.4) is 0 Å². The third-order valence-electron chi connectivity index (χ3n) is 2.50. The van der Waals surface area contributed by atoms with E-state index in [-0.39, 0.29) is 5.91 Å². The Balaban J connectivity index is 1.92. The fourth-order valence-corrected chi connectivity index (χ4v) is 1.58. The topological polar surface area (TPSA) is 67.0 Å². The molecule has 0 aliphatic rings. The molecule has 0 saturated carbocycles. The first kappa shape index (κ1) is 12.3. The van der Waals surface area contributed by atoms with Crippen molar-refractivity contribution in [3.63, 3.8) is 0 Å². The quantitative estimate of drug-likeness (QED) is 0.838. The SMILES string of the molecule is COCc1ccc(C(=O)NCc2ncc[nH]2)cc1. The van der Waals surface area contributed by atoms with Gasteiger partial charge in [0.2, 0.25) is 0 Å². The number of methoxy groups -OCH3 is 1. The predicted molar refractivity (Wildman–Crippen MR) is 66.9 cm³/mol. The zero-order valence-electron chi connectivity index (χ0n) is 10.1. The lowest BCUT2D eigenvalue weighted by atomic mass is 10.1. The molecule has 0 fully saturated rings. The molecule has 0 atom stereocenters. The summed E-state index contributed by atoms with van der Waals surface area (Å²) in [5.74, 6) is 0.620. The van der Waals surface area contributed by atoms with Crippen molar-refractivity contribution >= 4 is 5.91 Å². The Morgan fingerprint density at radius 1 is 1.39 bits per heavy atom. The molecule has 2 aromatic rings. The average Bonchev–Trinajstić information content (AvgIpc) is 2.90. The maximum Gasteiger partial charge on any atom is 0.251 e. The van der Waals surface area contributed by atoms with Crippen LogP contribution in [0.25, 0.3) is 0 Å². The monoisotopic (exact) mass is 245 g/mol. The molecule has 5 heteroatoms. The Bertz CT molecular complexity index is 491. The summed E-state index contributed by atoms with van der Waals surface area (Å²) in [4.78, 5) is 18.8. The number of hydrogen-bond donors (Lipinski definition) is 2. The minimum Gasteiger partial charge on any atom is -0.380 e. The molecule has 2 rings (SSSR count). The van der Waals surface area contributed by atoms with E-state index in [9.17, 15) is 4.79 Å². The number of amides is 1. The van der Waals surface area contributed by atoms with Gasteiger partial charge in [0, 0.05) is 25.1 Å². The zero-order valence-corrected chi connectivity index (χ0v) is 10.1. The average molecular weight is 245 g/mol. The van der Waals surface area contributed by atoms with Gasteiger partial charge in [-0.15, -0.1) is 0 Å². The number of rotatable bonds is 5. The van der Waals surface area contributed by atoms with E-state index in [0.717, 1.165) is 11.4 Å². The normalized spacial score (nSPS) is 10.3. The number of hydrogen-bond acceptors (Lipinski definition) is 3. The largest absolute Gasteiger partial charge is 0.380 e. The van der Waals surface area contributed by atoms with Crippen LogP contribution < -0.4 is 5.32 Å². The van der Waals surface area contributed by atoms with Crippen molar-refractivity contribution in [3.05, 3.63) is 53.6 Å². The fraction of sp³-hybridized carbons (Fsp3) is 0.231. The molecule has 1 heterocycles. The lowest BCUT2D eigenvalue weighted by Crippen LogP contribution is -2.23. The van der Waals surface area contributed by atoms with Crippen LogP contribution in [-0.2, 0) is 17.9 Å². The van der Waals surface area contributed by atoms with E-state index in [0.29, 0.717) is 18.7 Å². The second-order valence-electron chi connectivity index (χ2n) is 3.85. The third kappa shape index (κ3) is 3.18. The molecule has 1 aromatic carbocycles. The summed E-state index contributed by atoms with van der Waals surface area (Å²) in [6.07, 6.45) is 3.38. The Morgan fingerprint density at radius 3 is 2.78 bits per heavy atom. The van der Waals surface area contributed by atoms with Gasteiger partial charge in [-0.1, -0.05) is 12.1 Å². The number of aromatic nitrogens is 2. The Labute approximate surface area is 105 Å². The summed E-state index contributed by atoms with van der Waals surface area (Å²) in [6, 6.07) is 7.33. The molecule has 0 saturated heterocycles. The summed E-state index contributed by atoms with van der Waals surface area (Å²) >= 11 is 0. The van der Waals surface area contributed by atoms with Crippen LogP contribution in [0.1, 0.15) is 21.7 Å². The third-order valence-corrected chi connectivity index (χ3v) is 2.50. The van der Waals surface area contributed by atoms with Gasteiger partial charge in [-0.3, -0.25) is 4.79 Å². The summed E-state index contributed by atoms with van der Waals surface area (Å²) in [5, 5.41) is 2.79. The van der Waals surface area contributed by atoms with Crippen LogP contribution in [0.15, 0.2) is 36.7 Å². The van der Waals surface area contributed by atoms with Gasteiger partial charge in [0.15, 0.2) is 0 Å². The molecule has 2 N–H and O–H groups in total. The first-order valence-electron chi connectivity index (χ1n) is 5.64. The minimum atomic E-state index is -0.115. The molecule has 0 aliphatic heterocycles. The van der Waals surface area contributed by atoms with Crippen molar-refractivity contribution in [2.24, 2.45) is 0 Å². The second-order valence-corrected chi connectivity index (χ2v) is 3.85. The number of imidazole rings is 1. The van der Waals surface area contributed by atoms with Crippen molar-refractivity contribution in [2.75, 3.05) is 7.11 Å². The molecule has 1 amide bonds. The highest BCUT2D eigenvalue weighted by Gasteiger charge is 2.05. The van der Waals surface area contributed by atoms with E-state index in [1.54, 1.807) is 31.6 Å². The van der Waals surface area contributed by atoms with Crippen molar-refractivity contribution in [2.45, 2.75) is 13.2 Å². The van der Waals surface area contributed by atoms with Crippen molar-refractivity contribution in [3.8, 4) is 0 Å². The summed E-state index contributed by atoms with van der Waals surface area (Å²) < 4.78 is 5.01. The van der Waals surface area contributed by atoms with Crippen LogP contribution in [0.4, 0.5) is 0 Å². The van der Waals surface area contributed by atoms with Crippen molar-refractivity contribution in [1.29, 1.82) is 0 Å². The Kier molecular flexibility index (Phi) is 4.09. The number of carbonyl (C=O) groups excluding carboxylic acids is 1. The lowest BCUT2D eigenvalue weighted by Gasteiger charge is -2.04. The van der Waals surface area contributed by atoms with Gasteiger partial charge in [-0.05, 0) is 17.7 Å². The number of nitrogens with zero attached hydrogens (tertiary/aromatic N) is 1. The van der Waals surface area contributed by atoms with Crippen molar-refractivity contribution in [1.82, 2.24) is 15.3 Å². The van der Waals surface area contributed by atoms with E-state index >= 15 is 0 Å². The number of ether oxygens (including phenoxy) is 1. The molecular weight excluding hydrogens is 230 g/mol. The number of H-pyrrole nitrogens is 1. The molecule has 0 spiro atoms. The molecule has 0 aliphatic carbocycles. The highest BCUT2D eigenvalue weighted by molar-refractivity contribution is 5.94. The van der Waals surface area contributed by atoms with Gasteiger partial charge < -0.3 is 15.0 Å². The first-order chi connectivity index (χ1) is 8.79. The predicted octanol–water partition coefficient (Wildman–Crippen LogP) is 1.49. The molecule has 1 aromatic heterocycles. The minimum absolute atomic E-state index is 0.115. The molecule has 94 valence electrons. The number of nitrogens with one attached hydrogen (secondary N) is 2. The maximum atomic E-state index is 11.8. The van der Waals surface area contributed by atoms with Gasteiger partial charge in [-0.2, -0.15) is 0 Å². The van der Waals surface area contributed by atoms with Gasteiger partial charge in [0.05, 0.1) is 13.2 Å². The molecular formula is C13H15N3O2. The van der Waals surface area contributed by atoms with Crippen molar-refractivity contribution < 1.29 is 9.53 Å². The van der Waals surface area contributed by atoms with E-state index in [4.69, 9.17) is 4.74 Å². The molecule has 0 radical (unpaired) electrons. The van der Waals surface area contributed by atoms with Gasteiger partial charge in [0.1, 0.15) is 5.82 Å². The summed E-state index contributed by atoms with van der Waals surface area (Å²) in [6.45, 7) is 0.944. The van der Waals surface area contributed by atoms with Crippen LogP contribution in [0, 0.1) is 0 Å².